The number of amides is 1. The van der Waals surface area contributed by atoms with Gasteiger partial charge in [0.1, 0.15) is 5.69 Å². The molecule has 4 N–H and O–H groups in total. The maximum atomic E-state index is 13.7. The molecule has 2 aliphatic rings. The zero-order valence-corrected chi connectivity index (χ0v) is 19.4. The Balaban J connectivity index is 1.60. The minimum atomic E-state index is -2.88. The number of unbranched alkanes of at least 4 members (excludes halogenated alkanes) is 1. The SMILES string of the molecule is NCCCCC(=O)N1CCN(c2nc(-c3cnc(N)nc3C(F)F)nc(N3CCOCC3)n2)CC1. The van der Waals surface area contributed by atoms with Crippen LogP contribution in [0, 0.1) is 0 Å². The predicted octanol–water partition coefficient (Wildman–Crippen LogP) is 0.463. The summed E-state index contributed by atoms with van der Waals surface area (Å²) >= 11 is 0. The zero-order chi connectivity index (χ0) is 24.8. The largest absolute Gasteiger partial charge is 0.378 e. The van der Waals surface area contributed by atoms with Crippen molar-refractivity contribution in [3.63, 3.8) is 0 Å². The summed E-state index contributed by atoms with van der Waals surface area (Å²) < 4.78 is 32.9. The summed E-state index contributed by atoms with van der Waals surface area (Å²) in [7, 11) is 0. The Morgan fingerprint density at radius 1 is 0.971 bits per heavy atom. The summed E-state index contributed by atoms with van der Waals surface area (Å²) in [6, 6.07) is 0. The first-order chi connectivity index (χ1) is 17.0. The molecule has 2 aromatic rings. The molecule has 0 aliphatic carbocycles. The van der Waals surface area contributed by atoms with Crippen molar-refractivity contribution in [1.29, 1.82) is 0 Å². The molecule has 0 spiro atoms. The van der Waals surface area contributed by atoms with Crippen molar-refractivity contribution in [2.75, 3.05) is 74.6 Å². The minimum absolute atomic E-state index is 0.000997. The highest BCUT2D eigenvalue weighted by atomic mass is 19.3. The van der Waals surface area contributed by atoms with Gasteiger partial charge >= 0.3 is 0 Å². The van der Waals surface area contributed by atoms with E-state index in [1.807, 2.05) is 14.7 Å². The van der Waals surface area contributed by atoms with Gasteiger partial charge in [-0.1, -0.05) is 0 Å². The van der Waals surface area contributed by atoms with E-state index < -0.39 is 12.1 Å². The summed E-state index contributed by atoms with van der Waals surface area (Å²) in [6.07, 6.45) is 0.396. The van der Waals surface area contributed by atoms with Gasteiger partial charge in [-0.15, -0.1) is 0 Å². The van der Waals surface area contributed by atoms with Gasteiger partial charge < -0.3 is 30.9 Å². The van der Waals surface area contributed by atoms with Gasteiger partial charge in [0, 0.05) is 51.9 Å². The monoisotopic (exact) mass is 492 g/mol. The van der Waals surface area contributed by atoms with Crippen LogP contribution in [0.15, 0.2) is 6.20 Å². The number of morpholine rings is 1. The van der Waals surface area contributed by atoms with E-state index in [1.54, 1.807) is 0 Å². The molecule has 190 valence electrons. The van der Waals surface area contributed by atoms with Crippen molar-refractivity contribution in [2.45, 2.75) is 25.7 Å². The molecule has 0 unspecified atom stereocenters. The number of rotatable bonds is 8. The number of alkyl halides is 2. The van der Waals surface area contributed by atoms with Gasteiger partial charge in [-0.05, 0) is 19.4 Å². The smallest absolute Gasteiger partial charge is 0.281 e. The molecule has 0 bridgehead atoms. The van der Waals surface area contributed by atoms with Gasteiger partial charge in [-0.2, -0.15) is 15.0 Å². The molecule has 35 heavy (non-hydrogen) atoms. The molecular formula is C21H30F2N10O2. The van der Waals surface area contributed by atoms with E-state index in [0.29, 0.717) is 77.3 Å². The van der Waals surface area contributed by atoms with Crippen LogP contribution in [-0.2, 0) is 9.53 Å². The molecule has 2 saturated heterocycles. The number of aromatic nitrogens is 5. The fourth-order valence-electron chi connectivity index (χ4n) is 4.00. The van der Waals surface area contributed by atoms with Gasteiger partial charge in [0.05, 0.1) is 18.8 Å². The summed E-state index contributed by atoms with van der Waals surface area (Å²) in [4.78, 5) is 39.3. The van der Waals surface area contributed by atoms with Crippen LogP contribution in [0.1, 0.15) is 31.4 Å². The maximum absolute atomic E-state index is 13.7. The molecule has 0 aromatic carbocycles. The number of anilines is 3. The highest BCUT2D eigenvalue weighted by Crippen LogP contribution is 2.30. The third kappa shape index (κ3) is 6.06. The van der Waals surface area contributed by atoms with Crippen LogP contribution in [0.4, 0.5) is 26.6 Å². The molecule has 2 fully saturated rings. The number of carbonyl (C=O) groups is 1. The van der Waals surface area contributed by atoms with Crippen LogP contribution in [0.5, 0.6) is 0 Å². The molecule has 2 aromatic heterocycles. The highest BCUT2D eigenvalue weighted by molar-refractivity contribution is 5.76. The molecule has 1 amide bonds. The molecule has 4 heterocycles. The first-order valence-electron chi connectivity index (χ1n) is 11.7. The average Bonchev–Trinajstić information content (AvgIpc) is 2.89. The van der Waals surface area contributed by atoms with E-state index >= 15 is 0 Å². The molecule has 0 atom stereocenters. The number of nitrogen functional groups attached to an aromatic ring is 1. The van der Waals surface area contributed by atoms with E-state index in [9.17, 15) is 13.6 Å². The van der Waals surface area contributed by atoms with Crippen LogP contribution < -0.4 is 21.3 Å². The van der Waals surface area contributed by atoms with Crippen LogP contribution in [0.3, 0.4) is 0 Å². The Bertz CT molecular complexity index is 1010. The standard InChI is InChI=1S/C21H30F2N10O2/c22-17(23)16-14(13-26-19(25)27-16)18-28-20(30-21(29-18)33-9-11-35-12-10-33)32-7-5-31(6-8-32)15(34)3-1-2-4-24/h13,17H,1-12,24H2,(H2,25,26,27). The molecular weight excluding hydrogens is 462 g/mol. The van der Waals surface area contributed by atoms with Gasteiger partial charge in [-0.25, -0.2) is 18.7 Å². The van der Waals surface area contributed by atoms with Crippen molar-refractivity contribution >= 4 is 23.8 Å². The van der Waals surface area contributed by atoms with Crippen LogP contribution >= 0.6 is 0 Å². The fourth-order valence-corrected chi connectivity index (χ4v) is 4.00. The van der Waals surface area contributed by atoms with Crippen LogP contribution in [0.25, 0.3) is 11.4 Å². The number of ether oxygens (including phenoxy) is 1. The first-order valence-corrected chi connectivity index (χ1v) is 11.7. The number of hydrogen-bond donors (Lipinski definition) is 2. The average molecular weight is 493 g/mol. The lowest BCUT2D eigenvalue weighted by Crippen LogP contribution is -2.49. The van der Waals surface area contributed by atoms with E-state index in [4.69, 9.17) is 16.2 Å². The molecule has 2 aliphatic heterocycles. The number of halogens is 2. The second-order valence-electron chi connectivity index (χ2n) is 8.30. The van der Waals surface area contributed by atoms with Crippen LogP contribution in [-0.4, -0.2) is 94.8 Å². The van der Waals surface area contributed by atoms with Gasteiger partial charge in [0.2, 0.25) is 23.8 Å². The summed E-state index contributed by atoms with van der Waals surface area (Å²) in [5.74, 6) is 0.615. The number of nitrogens with zero attached hydrogens (tertiary/aromatic N) is 8. The number of carbonyl (C=O) groups excluding carboxylic acids is 1. The molecule has 14 heteroatoms. The van der Waals surface area contributed by atoms with E-state index in [2.05, 4.69) is 24.9 Å². The molecule has 0 radical (unpaired) electrons. The van der Waals surface area contributed by atoms with Crippen molar-refractivity contribution < 1.29 is 18.3 Å². The Hall–Kier alpha value is -3.26. The Kier molecular flexibility index (Phi) is 8.13. The summed E-state index contributed by atoms with van der Waals surface area (Å²) in [5.41, 5.74) is 10.5. The predicted molar refractivity (Wildman–Crippen MR) is 125 cm³/mol. The summed E-state index contributed by atoms with van der Waals surface area (Å²) in [5, 5.41) is 0. The normalized spacial score (nSPS) is 16.7. The lowest BCUT2D eigenvalue weighted by molar-refractivity contribution is -0.131. The number of hydrogen-bond acceptors (Lipinski definition) is 11. The van der Waals surface area contributed by atoms with Crippen molar-refractivity contribution in [3.05, 3.63) is 11.9 Å². The number of piperazine rings is 1. The molecule has 12 nitrogen and oxygen atoms in total. The van der Waals surface area contributed by atoms with Crippen molar-refractivity contribution in [3.8, 4) is 11.4 Å². The lowest BCUT2D eigenvalue weighted by Gasteiger charge is -2.35. The third-order valence-corrected chi connectivity index (χ3v) is 5.95. The van der Waals surface area contributed by atoms with E-state index in [0.717, 1.165) is 12.8 Å². The molecule has 0 saturated carbocycles. The van der Waals surface area contributed by atoms with Crippen LogP contribution in [0.2, 0.25) is 0 Å². The topological polar surface area (TPSA) is 153 Å². The Morgan fingerprint density at radius 3 is 2.26 bits per heavy atom. The minimum Gasteiger partial charge on any atom is -0.378 e. The fraction of sp³-hybridized carbons (Fsp3) is 0.619. The first kappa shape index (κ1) is 24.9. The van der Waals surface area contributed by atoms with E-state index in [-0.39, 0.29) is 23.2 Å². The highest BCUT2D eigenvalue weighted by Gasteiger charge is 2.27. The van der Waals surface area contributed by atoms with Gasteiger partial charge in [-0.3, -0.25) is 4.79 Å². The maximum Gasteiger partial charge on any atom is 0.281 e. The van der Waals surface area contributed by atoms with Gasteiger partial charge in [0.25, 0.3) is 6.43 Å². The summed E-state index contributed by atoms with van der Waals surface area (Å²) in [6.45, 7) is 4.76. The van der Waals surface area contributed by atoms with Crippen molar-refractivity contribution in [2.24, 2.45) is 5.73 Å². The zero-order valence-electron chi connectivity index (χ0n) is 19.4. The quantitative estimate of drug-likeness (QED) is 0.494. The second kappa shape index (κ2) is 11.4. The Morgan fingerprint density at radius 2 is 1.63 bits per heavy atom. The van der Waals surface area contributed by atoms with E-state index in [1.165, 1.54) is 6.20 Å². The number of nitrogens with two attached hydrogens (primary N) is 2. The van der Waals surface area contributed by atoms with Gasteiger partial charge in [0.15, 0.2) is 5.82 Å². The second-order valence-corrected chi connectivity index (χ2v) is 8.30. The lowest BCUT2D eigenvalue weighted by atomic mass is 10.2. The van der Waals surface area contributed by atoms with Crippen molar-refractivity contribution in [1.82, 2.24) is 29.8 Å². The third-order valence-electron chi connectivity index (χ3n) is 5.95. The Labute approximate surface area is 201 Å². The molecule has 4 rings (SSSR count).